The van der Waals surface area contributed by atoms with E-state index in [9.17, 15) is 9.90 Å². The molecule has 152 valence electrons. The Hall–Kier alpha value is -2.93. The van der Waals surface area contributed by atoms with Gasteiger partial charge >= 0.3 is 6.03 Å². The molecule has 0 aliphatic carbocycles. The van der Waals surface area contributed by atoms with Crippen LogP contribution >= 0.6 is 0 Å². The number of nitrogens with one attached hydrogen (secondary N) is 1. The predicted molar refractivity (Wildman–Crippen MR) is 111 cm³/mol. The number of nitrogens with zero attached hydrogens (tertiary/aromatic N) is 4. The lowest BCUT2D eigenvalue weighted by Crippen LogP contribution is -2.45. The molecular formula is C22H27N5O2. The third-order valence-electron chi connectivity index (χ3n) is 5.64. The molecule has 1 unspecified atom stereocenters. The Morgan fingerprint density at radius 1 is 1.10 bits per heavy atom. The van der Waals surface area contributed by atoms with Gasteiger partial charge in [0.25, 0.3) is 0 Å². The highest BCUT2D eigenvalue weighted by Gasteiger charge is 2.28. The Kier molecular flexibility index (Phi) is 6.05. The number of pyridine rings is 1. The second-order valence-electron chi connectivity index (χ2n) is 7.53. The van der Waals surface area contributed by atoms with Crippen LogP contribution in [-0.2, 0) is 0 Å². The minimum Gasteiger partial charge on any atom is -0.396 e. The van der Waals surface area contributed by atoms with Crippen LogP contribution < -0.4 is 5.32 Å². The summed E-state index contributed by atoms with van der Waals surface area (Å²) in [7, 11) is 0. The number of carbonyl (C=O) groups excluding carboxylic acids is 1. The number of rotatable bonds is 6. The Morgan fingerprint density at radius 2 is 1.86 bits per heavy atom. The summed E-state index contributed by atoms with van der Waals surface area (Å²) in [6.45, 7) is 1.51. The third-order valence-corrected chi connectivity index (χ3v) is 5.64. The number of hydrogen-bond donors (Lipinski definition) is 2. The minimum absolute atomic E-state index is 0.0404. The standard InChI is InChI=1S/C22H27N5O2/c28-16-6-9-19(17-7-2-1-3-8-17)23-22(29)26-14-11-18(12-15-26)21-25-24-20-10-4-5-13-27(20)21/h1-5,7-8,10,13,18-19,28H,6,9,11-12,14-16H2,(H,23,29). The zero-order valence-corrected chi connectivity index (χ0v) is 16.4. The molecule has 3 heterocycles. The second kappa shape index (κ2) is 9.05. The molecule has 2 amide bonds. The van der Waals surface area contributed by atoms with E-state index in [0.717, 1.165) is 29.9 Å². The van der Waals surface area contributed by atoms with Gasteiger partial charge in [-0.25, -0.2) is 4.79 Å². The van der Waals surface area contributed by atoms with E-state index in [4.69, 9.17) is 0 Å². The van der Waals surface area contributed by atoms with E-state index in [-0.39, 0.29) is 18.7 Å². The van der Waals surface area contributed by atoms with Crippen LogP contribution in [0.3, 0.4) is 0 Å². The molecule has 1 atom stereocenters. The van der Waals surface area contributed by atoms with E-state index in [0.29, 0.717) is 31.8 Å². The van der Waals surface area contributed by atoms with Crippen molar-refractivity contribution in [1.82, 2.24) is 24.8 Å². The molecule has 2 N–H and O–H groups in total. The van der Waals surface area contributed by atoms with Crippen molar-refractivity contribution in [3.05, 3.63) is 66.1 Å². The molecule has 4 rings (SSSR count). The minimum atomic E-state index is -0.0889. The Balaban J connectivity index is 1.38. The number of carbonyl (C=O) groups is 1. The number of likely N-dealkylation sites (tertiary alicyclic amines) is 1. The summed E-state index contributed by atoms with van der Waals surface area (Å²) in [5.41, 5.74) is 1.93. The highest BCUT2D eigenvalue weighted by molar-refractivity contribution is 5.74. The average molecular weight is 393 g/mol. The Bertz CT molecular complexity index is 935. The average Bonchev–Trinajstić information content (AvgIpc) is 3.21. The number of aliphatic hydroxyl groups excluding tert-OH is 1. The van der Waals surface area contributed by atoms with E-state index in [1.165, 1.54) is 0 Å². The Morgan fingerprint density at radius 3 is 2.62 bits per heavy atom. The highest BCUT2D eigenvalue weighted by Crippen LogP contribution is 2.27. The Labute approximate surface area is 170 Å². The first kappa shape index (κ1) is 19.4. The van der Waals surface area contributed by atoms with Crippen LogP contribution in [0.1, 0.15) is 49.0 Å². The summed E-state index contributed by atoms with van der Waals surface area (Å²) in [5, 5.41) is 21.0. The summed E-state index contributed by atoms with van der Waals surface area (Å²) in [5.74, 6) is 1.28. The number of urea groups is 1. The largest absolute Gasteiger partial charge is 0.396 e. The van der Waals surface area contributed by atoms with E-state index in [1.54, 1.807) is 0 Å². The molecule has 29 heavy (non-hydrogen) atoms. The summed E-state index contributed by atoms with van der Waals surface area (Å²) in [6, 6.07) is 15.7. The van der Waals surface area contributed by atoms with Gasteiger partial charge in [0.05, 0.1) is 6.04 Å². The maximum absolute atomic E-state index is 12.9. The maximum Gasteiger partial charge on any atom is 0.317 e. The van der Waals surface area contributed by atoms with Gasteiger partial charge < -0.3 is 15.3 Å². The van der Waals surface area contributed by atoms with Gasteiger partial charge in [0.1, 0.15) is 5.82 Å². The van der Waals surface area contributed by atoms with Crippen molar-refractivity contribution in [3.63, 3.8) is 0 Å². The molecule has 3 aromatic rings. The number of aromatic nitrogens is 3. The summed E-state index contributed by atoms with van der Waals surface area (Å²) in [4.78, 5) is 14.8. The zero-order chi connectivity index (χ0) is 20.1. The lowest BCUT2D eigenvalue weighted by atomic mass is 9.96. The van der Waals surface area contributed by atoms with Gasteiger partial charge in [-0.15, -0.1) is 10.2 Å². The highest BCUT2D eigenvalue weighted by atomic mass is 16.3. The SMILES string of the molecule is O=C(NC(CCCO)c1ccccc1)N1CCC(c2nnc3ccccn23)CC1. The molecule has 1 aliphatic rings. The molecule has 7 nitrogen and oxygen atoms in total. The fraction of sp³-hybridized carbons (Fsp3) is 0.409. The van der Waals surface area contributed by atoms with Gasteiger partial charge in [-0.1, -0.05) is 36.4 Å². The van der Waals surface area contributed by atoms with Crippen molar-refractivity contribution < 1.29 is 9.90 Å². The first-order valence-electron chi connectivity index (χ1n) is 10.3. The topological polar surface area (TPSA) is 82.8 Å². The molecule has 2 aromatic heterocycles. The number of hydrogen-bond acceptors (Lipinski definition) is 4. The summed E-state index contributed by atoms with van der Waals surface area (Å²) in [6.07, 6.45) is 5.11. The molecule has 0 bridgehead atoms. The fourth-order valence-corrected chi connectivity index (χ4v) is 4.02. The quantitative estimate of drug-likeness (QED) is 0.674. The van der Waals surface area contributed by atoms with Crippen LogP contribution in [0, 0.1) is 0 Å². The van der Waals surface area contributed by atoms with Gasteiger partial charge in [-0.3, -0.25) is 4.40 Å². The molecular weight excluding hydrogens is 366 g/mol. The van der Waals surface area contributed by atoms with Crippen molar-refractivity contribution in [2.75, 3.05) is 19.7 Å². The monoisotopic (exact) mass is 393 g/mol. The van der Waals surface area contributed by atoms with Crippen LogP contribution in [-0.4, -0.2) is 50.3 Å². The van der Waals surface area contributed by atoms with Crippen molar-refractivity contribution >= 4 is 11.7 Å². The molecule has 0 radical (unpaired) electrons. The van der Waals surface area contributed by atoms with Gasteiger partial charge in [-0.05, 0) is 43.4 Å². The van der Waals surface area contributed by atoms with Crippen molar-refractivity contribution in [2.45, 2.75) is 37.6 Å². The number of piperidine rings is 1. The molecule has 1 aliphatic heterocycles. The number of aliphatic hydroxyl groups is 1. The first-order valence-corrected chi connectivity index (χ1v) is 10.3. The number of fused-ring (bicyclic) bond motifs is 1. The summed E-state index contributed by atoms with van der Waals surface area (Å²) < 4.78 is 2.04. The molecule has 0 saturated carbocycles. The third kappa shape index (κ3) is 4.40. The molecule has 1 saturated heterocycles. The van der Waals surface area contributed by atoms with Crippen LogP contribution in [0.25, 0.3) is 5.65 Å². The van der Waals surface area contributed by atoms with Gasteiger partial charge in [0.15, 0.2) is 5.65 Å². The first-order chi connectivity index (χ1) is 14.3. The van der Waals surface area contributed by atoms with E-state index in [2.05, 4.69) is 15.5 Å². The molecule has 0 spiro atoms. The molecule has 1 fully saturated rings. The fourth-order valence-electron chi connectivity index (χ4n) is 4.02. The smallest absolute Gasteiger partial charge is 0.317 e. The summed E-state index contributed by atoms with van der Waals surface area (Å²) >= 11 is 0. The van der Waals surface area contributed by atoms with Crippen LogP contribution in [0.4, 0.5) is 4.79 Å². The van der Waals surface area contributed by atoms with Crippen molar-refractivity contribution in [3.8, 4) is 0 Å². The lowest BCUT2D eigenvalue weighted by Gasteiger charge is -2.32. The van der Waals surface area contributed by atoms with Crippen LogP contribution in [0.2, 0.25) is 0 Å². The predicted octanol–water partition coefficient (Wildman–Crippen LogP) is 3.13. The van der Waals surface area contributed by atoms with Gasteiger partial charge in [-0.2, -0.15) is 0 Å². The lowest BCUT2D eigenvalue weighted by molar-refractivity contribution is 0.175. The second-order valence-corrected chi connectivity index (χ2v) is 7.53. The zero-order valence-electron chi connectivity index (χ0n) is 16.4. The van der Waals surface area contributed by atoms with Crippen LogP contribution in [0.5, 0.6) is 0 Å². The normalized spacial score (nSPS) is 16.1. The van der Waals surface area contributed by atoms with Crippen molar-refractivity contribution in [1.29, 1.82) is 0 Å². The van der Waals surface area contributed by atoms with Crippen LogP contribution in [0.15, 0.2) is 54.7 Å². The number of benzene rings is 1. The maximum atomic E-state index is 12.9. The van der Waals surface area contributed by atoms with E-state index in [1.807, 2.05) is 64.0 Å². The molecule has 1 aromatic carbocycles. The van der Waals surface area contributed by atoms with E-state index >= 15 is 0 Å². The van der Waals surface area contributed by atoms with Crippen molar-refractivity contribution in [2.24, 2.45) is 0 Å². The van der Waals surface area contributed by atoms with Gasteiger partial charge in [0.2, 0.25) is 0 Å². The molecule has 7 heteroatoms. The number of amides is 2. The van der Waals surface area contributed by atoms with E-state index < -0.39 is 0 Å². The van der Waals surface area contributed by atoms with Gasteiger partial charge in [0, 0.05) is 31.8 Å².